The fourth-order valence-corrected chi connectivity index (χ4v) is 3.54. The van der Waals surface area contributed by atoms with Gasteiger partial charge in [0.25, 0.3) is 0 Å². The number of nitrogens with two attached hydrogens (primary N) is 1. The number of anilines is 2. The Morgan fingerprint density at radius 3 is 3.05 bits per heavy atom. The van der Waals surface area contributed by atoms with Gasteiger partial charge in [-0.2, -0.15) is 5.10 Å². The van der Waals surface area contributed by atoms with Crippen LogP contribution in [0.3, 0.4) is 0 Å². The molecule has 1 aliphatic heterocycles. The molecule has 2 fully saturated rings. The van der Waals surface area contributed by atoms with Crippen molar-refractivity contribution >= 4 is 11.5 Å². The lowest BCUT2D eigenvalue weighted by Crippen LogP contribution is -2.49. The first kappa shape index (κ1) is 12.8. The molecule has 1 saturated heterocycles. The highest BCUT2D eigenvalue weighted by atomic mass is 16.5. The highest BCUT2D eigenvalue weighted by molar-refractivity contribution is 5.67. The van der Waals surface area contributed by atoms with Gasteiger partial charge >= 0.3 is 0 Å². The third-order valence-corrected chi connectivity index (χ3v) is 4.37. The molecule has 3 rings (SSSR count). The summed E-state index contributed by atoms with van der Waals surface area (Å²) < 4.78 is 7.83. The summed E-state index contributed by atoms with van der Waals surface area (Å²) in [6.45, 7) is 3.89. The maximum absolute atomic E-state index is 6.34. The fourth-order valence-electron chi connectivity index (χ4n) is 3.54. The summed E-state index contributed by atoms with van der Waals surface area (Å²) in [6, 6.07) is 0.487. The van der Waals surface area contributed by atoms with Crippen LogP contribution in [0.5, 0.6) is 0 Å². The second-order valence-corrected chi connectivity index (χ2v) is 5.66. The van der Waals surface area contributed by atoms with Crippen LogP contribution < -0.4 is 10.6 Å². The van der Waals surface area contributed by atoms with E-state index in [1.54, 1.807) is 0 Å². The van der Waals surface area contributed by atoms with E-state index in [9.17, 15) is 0 Å². The Hall–Kier alpha value is -1.23. The molecule has 2 aliphatic rings. The van der Waals surface area contributed by atoms with E-state index in [-0.39, 0.29) is 0 Å². The Morgan fingerprint density at radius 2 is 2.26 bits per heavy atom. The van der Waals surface area contributed by atoms with E-state index in [1.165, 1.54) is 19.3 Å². The lowest BCUT2D eigenvalue weighted by molar-refractivity contribution is 0.0251. The second kappa shape index (κ2) is 5.04. The summed E-state index contributed by atoms with van der Waals surface area (Å²) in [6.07, 6.45) is 6.07. The first-order valence-corrected chi connectivity index (χ1v) is 7.42. The molecular weight excluding hydrogens is 240 g/mol. The highest BCUT2D eigenvalue weighted by Crippen LogP contribution is 2.36. The van der Waals surface area contributed by atoms with E-state index in [1.807, 2.05) is 11.7 Å². The van der Waals surface area contributed by atoms with Crippen molar-refractivity contribution in [2.45, 2.75) is 51.2 Å². The van der Waals surface area contributed by atoms with Crippen LogP contribution in [0.2, 0.25) is 0 Å². The Labute approximate surface area is 114 Å². The number of morpholine rings is 1. The molecule has 2 heterocycles. The molecule has 1 aromatic heterocycles. The summed E-state index contributed by atoms with van der Waals surface area (Å²) in [5.41, 5.74) is 8.25. The predicted octanol–water partition coefficient (Wildman–Crippen LogP) is 1.71. The van der Waals surface area contributed by atoms with Crippen LogP contribution in [0.15, 0.2) is 0 Å². The Morgan fingerprint density at radius 1 is 1.42 bits per heavy atom. The third-order valence-electron chi connectivity index (χ3n) is 4.37. The summed E-state index contributed by atoms with van der Waals surface area (Å²) in [4.78, 5) is 2.43. The zero-order valence-electron chi connectivity index (χ0n) is 11.9. The summed E-state index contributed by atoms with van der Waals surface area (Å²) in [5, 5.41) is 4.60. The molecule has 2 N–H and O–H groups in total. The average Bonchev–Trinajstić information content (AvgIpc) is 2.96. The lowest BCUT2D eigenvalue weighted by Gasteiger charge is -2.39. The number of hydrogen-bond donors (Lipinski definition) is 1. The molecule has 0 spiro atoms. The van der Waals surface area contributed by atoms with Crippen LogP contribution in [0.4, 0.5) is 11.5 Å². The topological polar surface area (TPSA) is 56.3 Å². The molecule has 0 aromatic carbocycles. The minimum absolute atomic E-state index is 0.387. The van der Waals surface area contributed by atoms with Crippen molar-refractivity contribution < 1.29 is 4.74 Å². The molecule has 1 aliphatic carbocycles. The molecule has 19 heavy (non-hydrogen) atoms. The van der Waals surface area contributed by atoms with Crippen LogP contribution in [0.25, 0.3) is 0 Å². The summed E-state index contributed by atoms with van der Waals surface area (Å²) >= 11 is 0. The molecule has 1 aromatic rings. The first-order valence-electron chi connectivity index (χ1n) is 7.42. The molecule has 5 heteroatoms. The molecule has 106 valence electrons. The predicted molar refractivity (Wildman–Crippen MR) is 76.3 cm³/mol. The largest absolute Gasteiger partial charge is 0.394 e. The van der Waals surface area contributed by atoms with Gasteiger partial charge in [-0.3, -0.25) is 4.68 Å². The molecular formula is C14H24N4O. The Bertz CT molecular complexity index is 457. The van der Waals surface area contributed by atoms with Crippen molar-refractivity contribution in [3.63, 3.8) is 0 Å². The molecule has 0 radical (unpaired) electrons. The van der Waals surface area contributed by atoms with Gasteiger partial charge in [-0.15, -0.1) is 0 Å². The molecule has 2 atom stereocenters. The van der Waals surface area contributed by atoms with Crippen molar-refractivity contribution in [2.75, 3.05) is 23.8 Å². The van der Waals surface area contributed by atoms with Crippen molar-refractivity contribution in [1.82, 2.24) is 9.78 Å². The lowest BCUT2D eigenvalue weighted by atomic mass is 10.1. The average molecular weight is 264 g/mol. The zero-order chi connectivity index (χ0) is 13.4. The van der Waals surface area contributed by atoms with Crippen molar-refractivity contribution in [1.29, 1.82) is 0 Å². The van der Waals surface area contributed by atoms with Crippen molar-refractivity contribution in [3.8, 4) is 0 Å². The third kappa shape index (κ3) is 2.10. The number of hydrogen-bond acceptors (Lipinski definition) is 4. The number of aromatic nitrogens is 2. The van der Waals surface area contributed by atoms with Crippen LogP contribution >= 0.6 is 0 Å². The minimum Gasteiger partial charge on any atom is -0.394 e. The van der Waals surface area contributed by atoms with E-state index in [4.69, 9.17) is 10.5 Å². The van der Waals surface area contributed by atoms with Crippen LogP contribution in [0.1, 0.15) is 38.3 Å². The SMILES string of the molecule is CCCc1nn(C)c(N2CCOC3CCCC32)c1N. The van der Waals surface area contributed by atoms with E-state index < -0.39 is 0 Å². The number of ether oxygens (including phenoxy) is 1. The van der Waals surface area contributed by atoms with Crippen molar-refractivity contribution in [3.05, 3.63) is 5.69 Å². The van der Waals surface area contributed by atoms with Crippen LogP contribution in [-0.4, -0.2) is 35.1 Å². The number of nitrogen functional groups attached to an aromatic ring is 1. The molecule has 0 bridgehead atoms. The van der Waals surface area contributed by atoms with Gasteiger partial charge in [0, 0.05) is 13.6 Å². The smallest absolute Gasteiger partial charge is 0.150 e. The van der Waals surface area contributed by atoms with Gasteiger partial charge < -0.3 is 15.4 Å². The monoisotopic (exact) mass is 264 g/mol. The van der Waals surface area contributed by atoms with Crippen LogP contribution in [0, 0.1) is 0 Å². The molecule has 5 nitrogen and oxygen atoms in total. The van der Waals surface area contributed by atoms with Gasteiger partial charge in [0.15, 0.2) is 5.82 Å². The van der Waals surface area contributed by atoms with Gasteiger partial charge in [-0.25, -0.2) is 0 Å². The van der Waals surface area contributed by atoms with Gasteiger partial charge in [-0.05, 0) is 25.7 Å². The summed E-state index contributed by atoms with van der Waals surface area (Å²) in [5.74, 6) is 1.10. The number of aryl methyl sites for hydroxylation is 2. The van der Waals surface area contributed by atoms with E-state index in [2.05, 4.69) is 16.9 Å². The second-order valence-electron chi connectivity index (χ2n) is 5.66. The maximum atomic E-state index is 6.34. The minimum atomic E-state index is 0.387. The maximum Gasteiger partial charge on any atom is 0.150 e. The molecule has 2 unspecified atom stereocenters. The molecule has 1 saturated carbocycles. The number of fused-ring (bicyclic) bond motifs is 1. The van der Waals surface area contributed by atoms with Crippen LogP contribution in [-0.2, 0) is 18.2 Å². The van der Waals surface area contributed by atoms with Gasteiger partial charge in [-0.1, -0.05) is 13.3 Å². The van der Waals surface area contributed by atoms with Gasteiger partial charge in [0.2, 0.25) is 0 Å². The highest BCUT2D eigenvalue weighted by Gasteiger charge is 2.38. The summed E-state index contributed by atoms with van der Waals surface area (Å²) in [7, 11) is 2.00. The molecule has 0 amide bonds. The number of rotatable bonds is 3. The zero-order valence-corrected chi connectivity index (χ0v) is 11.9. The van der Waals surface area contributed by atoms with Gasteiger partial charge in [0.05, 0.1) is 30.1 Å². The number of nitrogens with zero attached hydrogens (tertiary/aromatic N) is 3. The Kier molecular flexibility index (Phi) is 3.39. The van der Waals surface area contributed by atoms with E-state index in [0.717, 1.165) is 43.2 Å². The van der Waals surface area contributed by atoms with E-state index >= 15 is 0 Å². The standard InChI is InChI=1S/C14H24N4O/c1-3-5-10-13(15)14(17(2)16-10)18-8-9-19-12-7-4-6-11(12)18/h11-12H,3-9,15H2,1-2H3. The fraction of sp³-hybridized carbons (Fsp3) is 0.786. The normalized spacial score (nSPS) is 26.7. The van der Waals surface area contributed by atoms with Gasteiger partial charge in [0.1, 0.15) is 0 Å². The van der Waals surface area contributed by atoms with E-state index in [0.29, 0.717) is 12.1 Å². The first-order chi connectivity index (χ1) is 9.22. The van der Waals surface area contributed by atoms with Crippen molar-refractivity contribution in [2.24, 2.45) is 7.05 Å². The quantitative estimate of drug-likeness (QED) is 0.903. The Balaban J connectivity index is 1.92.